The third-order valence-corrected chi connectivity index (χ3v) is 5.71. The lowest BCUT2D eigenvalue weighted by molar-refractivity contribution is -0.120. The Hall–Kier alpha value is -2.45. The Morgan fingerprint density at radius 2 is 2.00 bits per heavy atom. The van der Waals surface area contributed by atoms with Gasteiger partial charge in [0.15, 0.2) is 4.34 Å². The van der Waals surface area contributed by atoms with Gasteiger partial charge in [0.1, 0.15) is 5.82 Å². The molecule has 1 atom stereocenters. The van der Waals surface area contributed by atoms with Crippen molar-refractivity contribution in [3.63, 3.8) is 0 Å². The van der Waals surface area contributed by atoms with Crippen molar-refractivity contribution in [3.8, 4) is 0 Å². The number of rotatable bonds is 8. The SMILES string of the molecule is C[C@H](Sc1nnc(Nc2cccc(F)c2)s1)C(=O)NCCc1ccccc1. The maximum Gasteiger partial charge on any atom is 0.233 e. The molecule has 3 aromatic rings. The van der Waals surface area contributed by atoms with Gasteiger partial charge < -0.3 is 10.6 Å². The van der Waals surface area contributed by atoms with Crippen LogP contribution in [0.4, 0.5) is 15.2 Å². The number of anilines is 2. The summed E-state index contributed by atoms with van der Waals surface area (Å²) in [4.78, 5) is 12.2. The molecule has 2 N–H and O–H groups in total. The topological polar surface area (TPSA) is 66.9 Å². The van der Waals surface area contributed by atoms with E-state index >= 15 is 0 Å². The smallest absolute Gasteiger partial charge is 0.233 e. The van der Waals surface area contributed by atoms with Crippen molar-refractivity contribution in [1.82, 2.24) is 15.5 Å². The highest BCUT2D eigenvalue weighted by Crippen LogP contribution is 2.30. The van der Waals surface area contributed by atoms with Gasteiger partial charge in [-0.2, -0.15) is 0 Å². The number of carbonyl (C=O) groups excluding carboxylic acids is 1. The molecule has 2 aromatic carbocycles. The van der Waals surface area contributed by atoms with Gasteiger partial charge in [0, 0.05) is 12.2 Å². The fourth-order valence-corrected chi connectivity index (χ4v) is 4.26. The summed E-state index contributed by atoms with van der Waals surface area (Å²) in [5.41, 5.74) is 1.80. The second-order valence-electron chi connectivity index (χ2n) is 5.80. The molecule has 5 nitrogen and oxygen atoms in total. The van der Waals surface area contributed by atoms with Crippen molar-refractivity contribution in [2.75, 3.05) is 11.9 Å². The summed E-state index contributed by atoms with van der Waals surface area (Å²) in [6.07, 6.45) is 0.796. The Morgan fingerprint density at radius 1 is 1.19 bits per heavy atom. The molecule has 8 heteroatoms. The molecule has 27 heavy (non-hydrogen) atoms. The molecule has 0 saturated heterocycles. The van der Waals surface area contributed by atoms with E-state index in [1.165, 1.54) is 40.8 Å². The molecule has 0 bridgehead atoms. The normalized spacial score (nSPS) is 11.8. The number of thioether (sulfide) groups is 1. The van der Waals surface area contributed by atoms with Crippen molar-refractivity contribution in [3.05, 3.63) is 66.0 Å². The average Bonchev–Trinajstić information content (AvgIpc) is 3.09. The van der Waals surface area contributed by atoms with Crippen LogP contribution in [-0.4, -0.2) is 27.9 Å². The van der Waals surface area contributed by atoms with E-state index in [9.17, 15) is 9.18 Å². The Morgan fingerprint density at radius 3 is 2.78 bits per heavy atom. The number of amides is 1. The molecule has 0 saturated carbocycles. The van der Waals surface area contributed by atoms with Crippen LogP contribution in [0, 0.1) is 5.82 Å². The van der Waals surface area contributed by atoms with Crippen LogP contribution in [0.15, 0.2) is 58.9 Å². The molecule has 140 valence electrons. The van der Waals surface area contributed by atoms with Crippen LogP contribution in [-0.2, 0) is 11.2 Å². The fraction of sp³-hybridized carbons (Fsp3) is 0.211. The molecule has 0 fully saturated rings. The van der Waals surface area contributed by atoms with Crippen LogP contribution in [0.5, 0.6) is 0 Å². The number of nitrogens with zero attached hydrogens (tertiary/aromatic N) is 2. The second kappa shape index (κ2) is 9.48. The predicted octanol–water partition coefficient (Wildman–Crippen LogP) is 4.26. The molecular weight excluding hydrogens is 383 g/mol. The lowest BCUT2D eigenvalue weighted by atomic mass is 10.1. The minimum absolute atomic E-state index is 0.0363. The summed E-state index contributed by atoms with van der Waals surface area (Å²) in [5, 5.41) is 14.3. The van der Waals surface area contributed by atoms with Crippen LogP contribution in [0.25, 0.3) is 0 Å². The first-order chi connectivity index (χ1) is 13.1. The molecule has 0 radical (unpaired) electrons. The van der Waals surface area contributed by atoms with Gasteiger partial charge in [-0.25, -0.2) is 4.39 Å². The number of carbonyl (C=O) groups is 1. The number of hydrogen-bond acceptors (Lipinski definition) is 6. The van der Waals surface area contributed by atoms with Gasteiger partial charge in [-0.15, -0.1) is 10.2 Å². The average molecular weight is 403 g/mol. The molecule has 0 aliphatic rings. The van der Waals surface area contributed by atoms with Gasteiger partial charge in [-0.3, -0.25) is 4.79 Å². The standard InChI is InChI=1S/C19H19FN4OS2/c1-13(17(25)21-11-10-14-6-3-2-4-7-14)26-19-24-23-18(27-19)22-16-9-5-8-15(20)12-16/h2-9,12-13H,10-11H2,1H3,(H,21,25)(H,22,23)/t13-/m0/s1. The third kappa shape index (κ3) is 6.04. The van der Waals surface area contributed by atoms with Crippen molar-refractivity contribution < 1.29 is 9.18 Å². The Balaban J connectivity index is 1.46. The first-order valence-electron chi connectivity index (χ1n) is 8.44. The molecule has 1 amide bonds. The summed E-state index contributed by atoms with van der Waals surface area (Å²) in [7, 11) is 0. The van der Waals surface area contributed by atoms with E-state index < -0.39 is 0 Å². The van der Waals surface area contributed by atoms with E-state index in [0.717, 1.165) is 6.42 Å². The molecule has 1 aromatic heterocycles. The predicted molar refractivity (Wildman–Crippen MR) is 108 cm³/mol. The van der Waals surface area contributed by atoms with Crippen LogP contribution in [0.3, 0.4) is 0 Å². The molecule has 0 aliphatic heterocycles. The van der Waals surface area contributed by atoms with E-state index in [-0.39, 0.29) is 17.0 Å². The zero-order valence-corrected chi connectivity index (χ0v) is 16.3. The Labute approximate surface area is 165 Å². The molecule has 0 aliphatic carbocycles. The summed E-state index contributed by atoms with van der Waals surface area (Å²) in [6, 6.07) is 16.2. The van der Waals surface area contributed by atoms with Crippen LogP contribution >= 0.6 is 23.1 Å². The number of hydrogen-bond donors (Lipinski definition) is 2. The third-order valence-electron chi connectivity index (χ3n) is 3.68. The van der Waals surface area contributed by atoms with Gasteiger partial charge in [-0.1, -0.05) is 59.5 Å². The summed E-state index contributed by atoms with van der Waals surface area (Å²) >= 11 is 2.68. The monoisotopic (exact) mass is 402 g/mol. The zero-order chi connectivity index (χ0) is 19.1. The lowest BCUT2D eigenvalue weighted by Gasteiger charge is -2.10. The molecule has 3 rings (SSSR count). The summed E-state index contributed by atoms with van der Waals surface area (Å²) < 4.78 is 13.9. The largest absolute Gasteiger partial charge is 0.355 e. The quantitative estimate of drug-likeness (QED) is 0.551. The van der Waals surface area contributed by atoms with Crippen molar-refractivity contribution in [2.24, 2.45) is 0 Å². The van der Waals surface area contributed by atoms with Crippen molar-refractivity contribution >= 4 is 39.8 Å². The Kier molecular flexibility index (Phi) is 6.78. The maximum atomic E-state index is 13.2. The summed E-state index contributed by atoms with van der Waals surface area (Å²) in [6.45, 7) is 2.43. The highest BCUT2D eigenvalue weighted by Gasteiger charge is 2.17. The number of nitrogens with one attached hydrogen (secondary N) is 2. The molecule has 0 spiro atoms. The van der Waals surface area contributed by atoms with E-state index in [1.807, 2.05) is 37.3 Å². The number of benzene rings is 2. The van der Waals surface area contributed by atoms with E-state index in [4.69, 9.17) is 0 Å². The van der Waals surface area contributed by atoms with Gasteiger partial charge >= 0.3 is 0 Å². The second-order valence-corrected chi connectivity index (χ2v) is 8.36. The zero-order valence-electron chi connectivity index (χ0n) is 14.7. The lowest BCUT2D eigenvalue weighted by Crippen LogP contribution is -2.32. The van der Waals surface area contributed by atoms with Crippen LogP contribution in [0.2, 0.25) is 0 Å². The number of aromatic nitrogens is 2. The van der Waals surface area contributed by atoms with Crippen LogP contribution in [0.1, 0.15) is 12.5 Å². The maximum absolute atomic E-state index is 13.2. The van der Waals surface area contributed by atoms with Gasteiger partial charge in [0.25, 0.3) is 0 Å². The van der Waals surface area contributed by atoms with Crippen molar-refractivity contribution in [1.29, 1.82) is 0 Å². The summed E-state index contributed by atoms with van der Waals surface area (Å²) in [5.74, 6) is -0.356. The Bertz CT molecular complexity index is 888. The van der Waals surface area contributed by atoms with Gasteiger partial charge in [0.05, 0.1) is 5.25 Å². The van der Waals surface area contributed by atoms with Crippen LogP contribution < -0.4 is 10.6 Å². The first-order valence-corrected chi connectivity index (χ1v) is 10.1. The van der Waals surface area contributed by atoms with E-state index in [1.54, 1.807) is 12.1 Å². The fourth-order valence-electron chi connectivity index (χ4n) is 2.32. The van der Waals surface area contributed by atoms with Crippen molar-refractivity contribution in [2.45, 2.75) is 22.9 Å². The highest BCUT2D eigenvalue weighted by molar-refractivity contribution is 8.02. The minimum Gasteiger partial charge on any atom is -0.355 e. The minimum atomic E-state index is -0.320. The van der Waals surface area contributed by atoms with E-state index in [2.05, 4.69) is 20.8 Å². The molecule has 0 unspecified atom stereocenters. The molecule has 1 heterocycles. The highest BCUT2D eigenvalue weighted by atomic mass is 32.2. The number of halogens is 1. The van der Waals surface area contributed by atoms with Gasteiger partial charge in [-0.05, 0) is 37.1 Å². The first kappa shape index (κ1) is 19.3. The van der Waals surface area contributed by atoms with E-state index in [0.29, 0.717) is 21.7 Å². The van der Waals surface area contributed by atoms with Gasteiger partial charge in [0.2, 0.25) is 11.0 Å². The molecular formula is C19H19FN4OS2.